The van der Waals surface area contributed by atoms with Crippen LogP contribution in [-0.4, -0.2) is 41.0 Å². The Balaban J connectivity index is 1.38. The highest BCUT2D eigenvalue weighted by atomic mass is 16.1. The molecule has 6 rings (SSSR count). The number of hydrogen-bond acceptors (Lipinski definition) is 6. The van der Waals surface area contributed by atoms with E-state index in [0.29, 0.717) is 23.6 Å². The molecule has 0 spiro atoms. The Morgan fingerprint density at radius 1 is 0.919 bits per heavy atom. The summed E-state index contributed by atoms with van der Waals surface area (Å²) in [5.41, 5.74) is 7.39. The Bertz CT molecular complexity index is 1740. The summed E-state index contributed by atoms with van der Waals surface area (Å²) >= 11 is 0. The van der Waals surface area contributed by atoms with Crippen molar-refractivity contribution in [2.24, 2.45) is 5.92 Å². The van der Waals surface area contributed by atoms with Gasteiger partial charge in [-0.3, -0.25) is 24.8 Å². The first-order valence-corrected chi connectivity index (χ1v) is 12.0. The molecule has 182 valence electrons. The zero-order chi connectivity index (χ0) is 25.4. The minimum absolute atomic E-state index is 0.0217. The van der Waals surface area contributed by atoms with Crippen LogP contribution in [0.1, 0.15) is 20.3 Å². The largest absolute Gasteiger partial charge is 0.336 e. The predicted molar refractivity (Wildman–Crippen MR) is 144 cm³/mol. The maximum absolute atomic E-state index is 12.2. The summed E-state index contributed by atoms with van der Waals surface area (Å²) in [5, 5.41) is 11.5. The van der Waals surface area contributed by atoms with Crippen molar-refractivity contribution in [3.05, 3.63) is 73.4 Å². The highest BCUT2D eigenvalue weighted by Crippen LogP contribution is 2.32. The van der Waals surface area contributed by atoms with Crippen LogP contribution < -0.4 is 5.32 Å². The molecule has 1 amide bonds. The standard InChI is InChI=1S/C28H24N8O/c1-16(2)10-24(37)32-20-11-19(14-30-15-20)17-5-6-22-21(12-17)26(36-35-22)28-33-23-7-9-31-25(27(23)34-28)18-4-3-8-29-13-18/h3-9,11-16H,10H2,1-2H3,(H,32,37)(H,33,34)(H,35,36). The van der Waals surface area contributed by atoms with E-state index < -0.39 is 0 Å². The number of fused-ring (bicyclic) bond motifs is 2. The number of nitrogens with zero attached hydrogens (tertiary/aromatic N) is 5. The number of aromatic nitrogens is 7. The highest BCUT2D eigenvalue weighted by molar-refractivity contribution is 5.98. The summed E-state index contributed by atoms with van der Waals surface area (Å²) < 4.78 is 0. The van der Waals surface area contributed by atoms with Crippen LogP contribution in [-0.2, 0) is 4.79 Å². The van der Waals surface area contributed by atoms with Crippen LogP contribution in [0.5, 0.6) is 0 Å². The van der Waals surface area contributed by atoms with E-state index in [-0.39, 0.29) is 11.8 Å². The molecule has 1 aromatic carbocycles. The molecular formula is C28H24N8O. The Morgan fingerprint density at radius 3 is 2.65 bits per heavy atom. The fraction of sp³-hybridized carbons (Fsp3) is 0.143. The number of nitrogens with one attached hydrogen (secondary N) is 3. The number of rotatable bonds is 6. The van der Waals surface area contributed by atoms with E-state index in [1.54, 1.807) is 31.0 Å². The Kier molecular flexibility index (Phi) is 5.65. The van der Waals surface area contributed by atoms with E-state index in [0.717, 1.165) is 44.3 Å². The maximum Gasteiger partial charge on any atom is 0.224 e. The number of amides is 1. The van der Waals surface area contributed by atoms with E-state index in [9.17, 15) is 4.79 Å². The molecule has 0 saturated heterocycles. The Hall–Kier alpha value is -4.92. The predicted octanol–water partition coefficient (Wildman–Crippen LogP) is 5.61. The molecule has 37 heavy (non-hydrogen) atoms. The van der Waals surface area contributed by atoms with E-state index in [1.807, 2.05) is 50.2 Å². The summed E-state index contributed by atoms with van der Waals surface area (Å²) in [5.74, 6) is 0.906. The molecule has 0 saturated carbocycles. The van der Waals surface area contributed by atoms with Gasteiger partial charge in [0.05, 0.1) is 28.6 Å². The lowest BCUT2D eigenvalue weighted by Crippen LogP contribution is -2.13. The number of pyridine rings is 3. The van der Waals surface area contributed by atoms with Crippen molar-refractivity contribution in [3.8, 4) is 33.9 Å². The SMILES string of the molecule is CC(C)CC(=O)Nc1cncc(-c2ccc3[nH]nc(-c4nc5c(-c6cccnc6)nccc5[nH]4)c3c2)c1. The van der Waals surface area contributed by atoms with Gasteiger partial charge in [0.2, 0.25) is 5.91 Å². The molecule has 0 bridgehead atoms. The van der Waals surface area contributed by atoms with Crippen molar-refractivity contribution < 1.29 is 4.79 Å². The van der Waals surface area contributed by atoms with Gasteiger partial charge in [0, 0.05) is 47.7 Å². The van der Waals surface area contributed by atoms with Crippen molar-refractivity contribution in [1.82, 2.24) is 35.1 Å². The topological polar surface area (TPSA) is 125 Å². The minimum atomic E-state index is -0.0217. The number of imidazole rings is 1. The number of H-pyrrole nitrogens is 2. The van der Waals surface area contributed by atoms with Crippen LogP contribution in [0.25, 0.3) is 55.8 Å². The van der Waals surface area contributed by atoms with Crippen LogP contribution in [0, 0.1) is 5.92 Å². The first kappa shape index (κ1) is 22.5. The van der Waals surface area contributed by atoms with Crippen LogP contribution in [0.3, 0.4) is 0 Å². The van der Waals surface area contributed by atoms with Gasteiger partial charge < -0.3 is 10.3 Å². The fourth-order valence-corrected chi connectivity index (χ4v) is 4.38. The summed E-state index contributed by atoms with van der Waals surface area (Å²) in [7, 11) is 0. The number of anilines is 1. The summed E-state index contributed by atoms with van der Waals surface area (Å²) in [4.78, 5) is 33.6. The van der Waals surface area contributed by atoms with E-state index in [1.165, 1.54) is 0 Å². The summed E-state index contributed by atoms with van der Waals surface area (Å²) in [6, 6.07) is 13.7. The third kappa shape index (κ3) is 4.42. The lowest BCUT2D eigenvalue weighted by atomic mass is 10.0. The Morgan fingerprint density at radius 2 is 1.81 bits per heavy atom. The van der Waals surface area contributed by atoms with Gasteiger partial charge in [-0.05, 0) is 47.9 Å². The molecule has 9 nitrogen and oxygen atoms in total. The van der Waals surface area contributed by atoms with Gasteiger partial charge in [0.25, 0.3) is 0 Å². The third-order valence-electron chi connectivity index (χ3n) is 6.07. The molecule has 0 aliphatic heterocycles. The lowest BCUT2D eigenvalue weighted by molar-refractivity contribution is -0.116. The van der Waals surface area contributed by atoms with Gasteiger partial charge >= 0.3 is 0 Å². The van der Waals surface area contributed by atoms with Crippen LogP contribution >= 0.6 is 0 Å². The van der Waals surface area contributed by atoms with Gasteiger partial charge in [-0.15, -0.1) is 0 Å². The third-order valence-corrected chi connectivity index (χ3v) is 6.07. The number of benzene rings is 1. The second kappa shape index (κ2) is 9.27. The zero-order valence-corrected chi connectivity index (χ0v) is 20.4. The monoisotopic (exact) mass is 488 g/mol. The first-order chi connectivity index (χ1) is 18.0. The van der Waals surface area contributed by atoms with Crippen LogP contribution in [0.15, 0.2) is 73.4 Å². The lowest BCUT2D eigenvalue weighted by Gasteiger charge is -2.09. The van der Waals surface area contributed by atoms with Crippen molar-refractivity contribution in [2.75, 3.05) is 5.32 Å². The molecule has 3 N–H and O–H groups in total. The molecule has 5 aromatic heterocycles. The number of aromatic amines is 2. The van der Waals surface area contributed by atoms with Crippen molar-refractivity contribution >= 4 is 33.5 Å². The fourth-order valence-electron chi connectivity index (χ4n) is 4.38. The molecule has 5 heterocycles. The molecule has 0 radical (unpaired) electrons. The molecule has 0 aliphatic carbocycles. The number of carbonyl (C=O) groups is 1. The van der Waals surface area contributed by atoms with E-state index >= 15 is 0 Å². The Labute approximate surface area is 212 Å². The van der Waals surface area contributed by atoms with Crippen molar-refractivity contribution in [2.45, 2.75) is 20.3 Å². The average Bonchev–Trinajstić information content (AvgIpc) is 3.52. The smallest absolute Gasteiger partial charge is 0.224 e. The maximum atomic E-state index is 12.2. The normalized spacial score (nSPS) is 11.4. The van der Waals surface area contributed by atoms with Gasteiger partial charge in [-0.25, -0.2) is 4.98 Å². The quantitative estimate of drug-likeness (QED) is 0.280. The first-order valence-electron chi connectivity index (χ1n) is 12.0. The van der Waals surface area contributed by atoms with Crippen LogP contribution in [0.2, 0.25) is 0 Å². The minimum Gasteiger partial charge on any atom is -0.336 e. The molecule has 0 fully saturated rings. The van der Waals surface area contributed by atoms with Crippen molar-refractivity contribution in [3.63, 3.8) is 0 Å². The molecular weight excluding hydrogens is 464 g/mol. The molecule has 0 atom stereocenters. The number of carbonyl (C=O) groups excluding carboxylic acids is 1. The van der Waals surface area contributed by atoms with Gasteiger partial charge in [0.1, 0.15) is 11.2 Å². The summed E-state index contributed by atoms with van der Waals surface area (Å²) in [6.07, 6.45) is 9.17. The van der Waals surface area contributed by atoms with Crippen LogP contribution in [0.4, 0.5) is 5.69 Å². The summed E-state index contributed by atoms with van der Waals surface area (Å²) in [6.45, 7) is 4.04. The van der Waals surface area contributed by atoms with Crippen molar-refractivity contribution in [1.29, 1.82) is 0 Å². The zero-order valence-electron chi connectivity index (χ0n) is 20.4. The van der Waals surface area contributed by atoms with Gasteiger partial charge in [-0.2, -0.15) is 5.10 Å². The molecule has 0 unspecified atom stereocenters. The second-order valence-electron chi connectivity index (χ2n) is 9.32. The average molecular weight is 489 g/mol. The molecule has 0 aliphatic rings. The van der Waals surface area contributed by atoms with E-state index in [4.69, 9.17) is 4.98 Å². The highest BCUT2D eigenvalue weighted by Gasteiger charge is 2.17. The van der Waals surface area contributed by atoms with Gasteiger partial charge in [-0.1, -0.05) is 19.9 Å². The second-order valence-corrected chi connectivity index (χ2v) is 9.32. The number of hydrogen-bond donors (Lipinski definition) is 3. The molecule has 9 heteroatoms. The van der Waals surface area contributed by atoms with E-state index in [2.05, 4.69) is 41.5 Å². The van der Waals surface area contributed by atoms with Gasteiger partial charge in [0.15, 0.2) is 5.82 Å². The molecule has 6 aromatic rings.